The highest BCUT2D eigenvalue weighted by molar-refractivity contribution is 5.81. The van der Waals surface area contributed by atoms with Crippen molar-refractivity contribution < 1.29 is 4.74 Å². The van der Waals surface area contributed by atoms with Crippen LogP contribution in [-0.4, -0.2) is 35.7 Å². The summed E-state index contributed by atoms with van der Waals surface area (Å²) in [7, 11) is 0. The van der Waals surface area contributed by atoms with Gasteiger partial charge >= 0.3 is 0 Å². The second-order valence-corrected chi connectivity index (χ2v) is 8.46. The van der Waals surface area contributed by atoms with Crippen LogP contribution in [-0.2, 0) is 6.54 Å². The predicted octanol–water partition coefficient (Wildman–Crippen LogP) is 6.65. The molecular weight excluding hydrogens is 344 g/mol. The molecule has 2 aromatic rings. The van der Waals surface area contributed by atoms with Crippen molar-refractivity contribution in [2.45, 2.75) is 84.1 Å². The fraction of sp³-hybridized carbons (Fsp3) is 0.680. The van der Waals surface area contributed by atoms with Gasteiger partial charge in [0.2, 0.25) is 0 Å². The zero-order chi connectivity index (χ0) is 19.4. The van der Waals surface area contributed by atoms with Crippen LogP contribution in [0.2, 0.25) is 0 Å². The van der Waals surface area contributed by atoms with Gasteiger partial charge in [0.1, 0.15) is 5.75 Å². The number of fused-ring (bicyclic) bond motifs is 1. The zero-order valence-electron chi connectivity index (χ0n) is 18.0. The molecule has 0 unspecified atom stereocenters. The van der Waals surface area contributed by atoms with E-state index in [9.17, 15) is 0 Å². The lowest BCUT2D eigenvalue weighted by molar-refractivity contribution is 0.240. The van der Waals surface area contributed by atoms with Crippen molar-refractivity contribution in [2.24, 2.45) is 0 Å². The maximum Gasteiger partial charge on any atom is 0.120 e. The molecule has 0 bridgehead atoms. The molecule has 2 heterocycles. The van der Waals surface area contributed by atoms with Crippen molar-refractivity contribution in [2.75, 3.05) is 26.2 Å². The molecule has 0 radical (unpaired) electrons. The summed E-state index contributed by atoms with van der Waals surface area (Å²) in [5.74, 6) is 1.01. The van der Waals surface area contributed by atoms with Crippen molar-refractivity contribution in [3.63, 3.8) is 0 Å². The average Bonchev–Trinajstić information content (AvgIpc) is 2.93. The summed E-state index contributed by atoms with van der Waals surface area (Å²) in [5.41, 5.74) is 1.34. The van der Waals surface area contributed by atoms with Gasteiger partial charge in [0.15, 0.2) is 0 Å². The van der Waals surface area contributed by atoms with Crippen LogP contribution in [0.25, 0.3) is 10.9 Å². The Labute approximate surface area is 172 Å². The summed E-state index contributed by atoms with van der Waals surface area (Å²) < 4.78 is 8.45. The van der Waals surface area contributed by atoms with Crippen molar-refractivity contribution in [3.8, 4) is 5.75 Å². The average molecular weight is 385 g/mol. The fourth-order valence-corrected chi connectivity index (χ4v) is 4.36. The summed E-state index contributed by atoms with van der Waals surface area (Å²) in [6, 6.07) is 8.82. The fourth-order valence-electron chi connectivity index (χ4n) is 4.36. The minimum Gasteiger partial charge on any atom is -0.494 e. The monoisotopic (exact) mass is 384 g/mol. The Morgan fingerprint density at radius 2 is 1.61 bits per heavy atom. The van der Waals surface area contributed by atoms with E-state index >= 15 is 0 Å². The van der Waals surface area contributed by atoms with Gasteiger partial charge in [0, 0.05) is 30.2 Å². The van der Waals surface area contributed by atoms with Crippen LogP contribution in [0, 0.1) is 0 Å². The van der Waals surface area contributed by atoms with Crippen molar-refractivity contribution in [1.29, 1.82) is 0 Å². The van der Waals surface area contributed by atoms with Crippen molar-refractivity contribution in [1.82, 2.24) is 9.47 Å². The van der Waals surface area contributed by atoms with Crippen LogP contribution in [0.3, 0.4) is 0 Å². The third kappa shape index (κ3) is 6.84. The number of ether oxygens (including phenoxy) is 1. The summed E-state index contributed by atoms with van der Waals surface area (Å²) in [4.78, 5) is 2.61. The highest BCUT2D eigenvalue weighted by Crippen LogP contribution is 2.23. The molecular formula is C25H40N2O. The van der Waals surface area contributed by atoms with E-state index in [0.717, 1.165) is 25.3 Å². The molecule has 3 rings (SSSR count). The molecule has 28 heavy (non-hydrogen) atoms. The summed E-state index contributed by atoms with van der Waals surface area (Å²) in [6.45, 7) is 7.96. The second kappa shape index (κ2) is 12.2. The number of benzene rings is 1. The highest BCUT2D eigenvalue weighted by atomic mass is 16.5. The van der Waals surface area contributed by atoms with Gasteiger partial charge in [-0.05, 0) is 63.0 Å². The lowest BCUT2D eigenvalue weighted by atomic mass is 10.1. The third-order valence-corrected chi connectivity index (χ3v) is 6.08. The molecule has 3 heteroatoms. The number of aromatic nitrogens is 1. The number of likely N-dealkylation sites (tertiary alicyclic amines) is 1. The van der Waals surface area contributed by atoms with Crippen LogP contribution < -0.4 is 4.74 Å². The maximum atomic E-state index is 6.05. The summed E-state index contributed by atoms with van der Waals surface area (Å²) >= 11 is 0. The van der Waals surface area contributed by atoms with E-state index in [-0.39, 0.29) is 0 Å². The van der Waals surface area contributed by atoms with Gasteiger partial charge in [-0.1, -0.05) is 51.9 Å². The Balaban J connectivity index is 1.39. The zero-order valence-corrected chi connectivity index (χ0v) is 18.0. The molecule has 0 N–H and O–H groups in total. The Bertz CT molecular complexity index is 670. The first-order valence-electron chi connectivity index (χ1n) is 11.8. The molecule has 0 saturated carbocycles. The van der Waals surface area contributed by atoms with Gasteiger partial charge in [-0.15, -0.1) is 0 Å². The van der Waals surface area contributed by atoms with Crippen molar-refractivity contribution >= 4 is 10.9 Å². The first-order valence-corrected chi connectivity index (χ1v) is 11.8. The maximum absolute atomic E-state index is 6.05. The van der Waals surface area contributed by atoms with Gasteiger partial charge in [-0.25, -0.2) is 0 Å². The smallest absolute Gasteiger partial charge is 0.120 e. The second-order valence-electron chi connectivity index (χ2n) is 8.46. The van der Waals surface area contributed by atoms with E-state index in [1.165, 1.54) is 94.7 Å². The molecule has 0 amide bonds. The molecule has 1 fully saturated rings. The minimum atomic E-state index is 0.820. The largest absolute Gasteiger partial charge is 0.494 e. The molecule has 1 aliphatic heterocycles. The molecule has 1 aromatic carbocycles. The topological polar surface area (TPSA) is 17.4 Å². The third-order valence-electron chi connectivity index (χ3n) is 6.08. The Morgan fingerprint density at radius 3 is 2.43 bits per heavy atom. The first kappa shape index (κ1) is 21.2. The SMILES string of the molecule is CCCCCCCCn1ccc2cc(OCCCN3CCCCCC3)ccc21. The number of rotatable bonds is 12. The molecule has 0 aliphatic carbocycles. The van der Waals surface area contributed by atoms with E-state index in [1.807, 2.05) is 0 Å². The van der Waals surface area contributed by atoms with Gasteiger partial charge in [-0.2, -0.15) is 0 Å². The Hall–Kier alpha value is -1.48. The van der Waals surface area contributed by atoms with E-state index < -0.39 is 0 Å². The van der Waals surface area contributed by atoms with Gasteiger partial charge in [0.05, 0.1) is 6.61 Å². The molecule has 1 aromatic heterocycles. The number of unbranched alkanes of at least 4 members (excludes halogenated alkanes) is 5. The molecule has 0 atom stereocenters. The van der Waals surface area contributed by atoms with Crippen molar-refractivity contribution in [3.05, 3.63) is 30.5 Å². The predicted molar refractivity (Wildman–Crippen MR) is 120 cm³/mol. The molecule has 0 spiro atoms. The number of aryl methyl sites for hydroxylation is 1. The van der Waals surface area contributed by atoms with E-state index in [0.29, 0.717) is 0 Å². The van der Waals surface area contributed by atoms with Crippen LogP contribution in [0.5, 0.6) is 5.75 Å². The van der Waals surface area contributed by atoms with E-state index in [1.54, 1.807) is 0 Å². The molecule has 1 saturated heterocycles. The quantitative estimate of drug-likeness (QED) is 0.381. The van der Waals surface area contributed by atoms with Crippen LogP contribution >= 0.6 is 0 Å². The first-order chi connectivity index (χ1) is 13.9. The number of nitrogens with zero attached hydrogens (tertiary/aromatic N) is 2. The molecule has 1 aliphatic rings. The lowest BCUT2D eigenvalue weighted by Gasteiger charge is -2.19. The highest BCUT2D eigenvalue weighted by Gasteiger charge is 2.08. The Morgan fingerprint density at radius 1 is 0.821 bits per heavy atom. The normalized spacial score (nSPS) is 15.8. The van der Waals surface area contributed by atoms with Crippen LogP contribution in [0.15, 0.2) is 30.5 Å². The molecule has 3 nitrogen and oxygen atoms in total. The van der Waals surface area contributed by atoms with Gasteiger partial charge in [-0.3, -0.25) is 0 Å². The summed E-state index contributed by atoms with van der Waals surface area (Å²) in [5, 5.41) is 1.30. The van der Waals surface area contributed by atoms with Crippen LogP contribution in [0.4, 0.5) is 0 Å². The Kier molecular flexibility index (Phi) is 9.22. The summed E-state index contributed by atoms with van der Waals surface area (Å²) in [6.07, 6.45) is 17.0. The van der Waals surface area contributed by atoms with Gasteiger partial charge in [0.25, 0.3) is 0 Å². The van der Waals surface area contributed by atoms with Crippen LogP contribution in [0.1, 0.15) is 77.6 Å². The lowest BCUT2D eigenvalue weighted by Crippen LogP contribution is -2.26. The number of hydrogen-bond acceptors (Lipinski definition) is 2. The minimum absolute atomic E-state index is 0.820. The standard InChI is InChI=1S/C25H40N2O/c1-2-3-4-5-6-11-19-27-20-15-23-22-24(13-14-25(23)27)28-21-12-18-26-16-9-7-8-10-17-26/h13-15,20,22H,2-12,16-19,21H2,1H3. The van der Waals surface area contributed by atoms with E-state index in [2.05, 4.69) is 46.9 Å². The van der Waals surface area contributed by atoms with E-state index in [4.69, 9.17) is 4.74 Å². The molecule has 156 valence electrons. The number of hydrogen-bond donors (Lipinski definition) is 0. The van der Waals surface area contributed by atoms with Gasteiger partial charge < -0.3 is 14.2 Å².